The molecule has 2 heterocycles. The topological polar surface area (TPSA) is 15.7 Å². The van der Waals surface area contributed by atoms with E-state index >= 15 is 0 Å². The van der Waals surface area contributed by atoms with Crippen molar-refractivity contribution < 1.29 is 4.74 Å². The van der Waals surface area contributed by atoms with E-state index in [9.17, 15) is 0 Å². The zero-order chi connectivity index (χ0) is 10.7. The zero-order valence-electron chi connectivity index (χ0n) is 10.1. The summed E-state index contributed by atoms with van der Waals surface area (Å²) in [4.78, 5) is 5.23. The molecule has 0 radical (unpaired) electrons. The van der Waals surface area contributed by atoms with Crippen LogP contribution in [0.25, 0.3) is 0 Å². The summed E-state index contributed by atoms with van der Waals surface area (Å²) in [5, 5.41) is 0. The molecule has 2 aliphatic rings. The smallest absolute Gasteiger partial charge is 0.0673 e. The van der Waals surface area contributed by atoms with Crippen LogP contribution < -0.4 is 0 Å². The normalized spacial score (nSPS) is 30.4. The number of hydrogen-bond acceptors (Lipinski definition) is 3. The van der Waals surface area contributed by atoms with Gasteiger partial charge in [-0.05, 0) is 33.2 Å². The third-order valence-corrected chi connectivity index (χ3v) is 3.64. The van der Waals surface area contributed by atoms with E-state index in [1.807, 2.05) is 0 Å². The first-order valence-electron chi connectivity index (χ1n) is 6.37. The molecule has 2 rings (SSSR count). The minimum Gasteiger partial charge on any atom is -0.377 e. The molecule has 0 N–H and O–H groups in total. The maximum atomic E-state index is 5.60. The van der Waals surface area contributed by atoms with E-state index in [-0.39, 0.29) is 0 Å². The van der Waals surface area contributed by atoms with Gasteiger partial charge in [-0.15, -0.1) is 0 Å². The predicted molar refractivity (Wildman–Crippen MR) is 62.1 cm³/mol. The van der Waals surface area contributed by atoms with Gasteiger partial charge in [-0.3, -0.25) is 9.80 Å². The van der Waals surface area contributed by atoms with E-state index in [2.05, 4.69) is 23.6 Å². The number of rotatable bonds is 4. The fourth-order valence-corrected chi connectivity index (χ4v) is 2.92. The van der Waals surface area contributed by atoms with Gasteiger partial charge in [0, 0.05) is 38.8 Å². The molecule has 0 aromatic carbocycles. The Morgan fingerprint density at radius 3 is 3.00 bits per heavy atom. The minimum absolute atomic E-state index is 0.392. The van der Waals surface area contributed by atoms with Crippen LogP contribution >= 0.6 is 0 Å². The molecule has 2 aliphatic heterocycles. The van der Waals surface area contributed by atoms with Crippen LogP contribution in [0, 0.1) is 0 Å². The van der Waals surface area contributed by atoms with Crippen LogP contribution in [0.3, 0.4) is 0 Å². The number of ether oxygens (including phenoxy) is 1. The molecular weight excluding hydrogens is 188 g/mol. The van der Waals surface area contributed by atoms with Gasteiger partial charge in [0.1, 0.15) is 0 Å². The lowest BCUT2D eigenvalue weighted by molar-refractivity contribution is 0.0218. The lowest BCUT2D eigenvalue weighted by Crippen LogP contribution is -2.51. The standard InChI is InChI=1S/C12H24N2O/c1-3-15-11(2)9-13-7-8-14-6-4-5-12(14)10-13/h11-12H,3-10H2,1-2H3. The lowest BCUT2D eigenvalue weighted by Gasteiger charge is -2.38. The minimum atomic E-state index is 0.392. The number of piperazine rings is 1. The first-order valence-corrected chi connectivity index (χ1v) is 6.37. The quantitative estimate of drug-likeness (QED) is 0.696. The molecule has 0 spiro atoms. The molecule has 2 unspecified atom stereocenters. The molecule has 0 aromatic heterocycles. The van der Waals surface area contributed by atoms with Crippen molar-refractivity contribution in [3.63, 3.8) is 0 Å². The van der Waals surface area contributed by atoms with Crippen LogP contribution in [0.5, 0.6) is 0 Å². The monoisotopic (exact) mass is 212 g/mol. The van der Waals surface area contributed by atoms with Gasteiger partial charge in [-0.1, -0.05) is 0 Å². The van der Waals surface area contributed by atoms with Gasteiger partial charge in [0.15, 0.2) is 0 Å². The molecule has 0 bridgehead atoms. The fourth-order valence-electron chi connectivity index (χ4n) is 2.92. The first-order chi connectivity index (χ1) is 7.29. The van der Waals surface area contributed by atoms with E-state index in [0.29, 0.717) is 6.10 Å². The second-order valence-electron chi connectivity index (χ2n) is 4.86. The van der Waals surface area contributed by atoms with Gasteiger partial charge in [0.05, 0.1) is 6.10 Å². The number of fused-ring (bicyclic) bond motifs is 1. The second kappa shape index (κ2) is 5.28. The third-order valence-electron chi connectivity index (χ3n) is 3.64. The highest BCUT2D eigenvalue weighted by molar-refractivity contribution is 4.87. The molecular formula is C12H24N2O. The average molecular weight is 212 g/mol. The zero-order valence-corrected chi connectivity index (χ0v) is 10.1. The van der Waals surface area contributed by atoms with Gasteiger partial charge in [-0.2, -0.15) is 0 Å². The van der Waals surface area contributed by atoms with E-state index in [1.165, 1.54) is 39.0 Å². The van der Waals surface area contributed by atoms with E-state index in [4.69, 9.17) is 4.74 Å². The van der Waals surface area contributed by atoms with Crippen LogP contribution in [0.15, 0.2) is 0 Å². The van der Waals surface area contributed by atoms with Gasteiger partial charge >= 0.3 is 0 Å². The molecule has 3 nitrogen and oxygen atoms in total. The molecule has 2 fully saturated rings. The molecule has 0 amide bonds. The third kappa shape index (κ3) is 2.92. The predicted octanol–water partition coefficient (Wildman–Crippen LogP) is 1.19. The largest absolute Gasteiger partial charge is 0.377 e. The second-order valence-corrected chi connectivity index (χ2v) is 4.86. The van der Waals surface area contributed by atoms with Crippen molar-refractivity contribution in [2.24, 2.45) is 0 Å². The maximum absolute atomic E-state index is 5.60. The van der Waals surface area contributed by atoms with Crippen molar-refractivity contribution in [3.8, 4) is 0 Å². The fraction of sp³-hybridized carbons (Fsp3) is 1.00. The van der Waals surface area contributed by atoms with Gasteiger partial charge in [0.25, 0.3) is 0 Å². The number of hydrogen-bond donors (Lipinski definition) is 0. The summed E-state index contributed by atoms with van der Waals surface area (Å²) in [7, 11) is 0. The summed E-state index contributed by atoms with van der Waals surface area (Å²) in [6.07, 6.45) is 3.20. The van der Waals surface area contributed by atoms with E-state index in [1.54, 1.807) is 0 Å². The Morgan fingerprint density at radius 2 is 2.20 bits per heavy atom. The Balaban J connectivity index is 1.75. The van der Waals surface area contributed by atoms with Crippen molar-refractivity contribution in [1.82, 2.24) is 9.80 Å². The Hall–Kier alpha value is -0.120. The van der Waals surface area contributed by atoms with Gasteiger partial charge in [0.2, 0.25) is 0 Å². The molecule has 0 aromatic rings. The molecule has 0 saturated carbocycles. The van der Waals surface area contributed by atoms with Crippen molar-refractivity contribution in [1.29, 1.82) is 0 Å². The van der Waals surface area contributed by atoms with Gasteiger partial charge in [-0.25, -0.2) is 0 Å². The highest BCUT2D eigenvalue weighted by atomic mass is 16.5. The van der Waals surface area contributed by atoms with Crippen LogP contribution in [0.2, 0.25) is 0 Å². The molecule has 88 valence electrons. The van der Waals surface area contributed by atoms with Crippen molar-refractivity contribution in [2.45, 2.75) is 38.8 Å². The molecule has 15 heavy (non-hydrogen) atoms. The molecule has 3 heteroatoms. The summed E-state index contributed by atoms with van der Waals surface area (Å²) < 4.78 is 5.60. The Labute approximate surface area is 93.4 Å². The van der Waals surface area contributed by atoms with Crippen molar-refractivity contribution in [3.05, 3.63) is 0 Å². The summed E-state index contributed by atoms with van der Waals surface area (Å²) in [5.41, 5.74) is 0. The van der Waals surface area contributed by atoms with E-state index in [0.717, 1.165) is 19.2 Å². The Bertz CT molecular complexity index is 198. The maximum Gasteiger partial charge on any atom is 0.0673 e. The van der Waals surface area contributed by atoms with Gasteiger partial charge < -0.3 is 4.74 Å². The van der Waals surface area contributed by atoms with Crippen molar-refractivity contribution in [2.75, 3.05) is 39.3 Å². The van der Waals surface area contributed by atoms with Crippen molar-refractivity contribution >= 4 is 0 Å². The Morgan fingerprint density at radius 1 is 1.33 bits per heavy atom. The average Bonchev–Trinajstić information content (AvgIpc) is 2.65. The first kappa shape index (κ1) is 11.4. The highest BCUT2D eigenvalue weighted by Crippen LogP contribution is 2.21. The highest BCUT2D eigenvalue weighted by Gasteiger charge is 2.30. The SMILES string of the molecule is CCOC(C)CN1CCN2CCCC2C1. The van der Waals surface area contributed by atoms with Crippen LogP contribution in [-0.2, 0) is 4.74 Å². The van der Waals surface area contributed by atoms with E-state index < -0.39 is 0 Å². The summed E-state index contributed by atoms with van der Waals surface area (Å²) >= 11 is 0. The van der Waals surface area contributed by atoms with Crippen LogP contribution in [-0.4, -0.2) is 61.3 Å². The number of nitrogens with zero attached hydrogens (tertiary/aromatic N) is 2. The molecule has 2 saturated heterocycles. The lowest BCUT2D eigenvalue weighted by atomic mass is 10.1. The summed E-state index contributed by atoms with van der Waals surface area (Å²) in [6.45, 7) is 11.3. The van der Waals surface area contributed by atoms with Crippen LogP contribution in [0.4, 0.5) is 0 Å². The summed E-state index contributed by atoms with van der Waals surface area (Å²) in [6, 6.07) is 0.840. The molecule has 2 atom stereocenters. The summed E-state index contributed by atoms with van der Waals surface area (Å²) in [5.74, 6) is 0. The Kier molecular flexibility index (Phi) is 4.00. The molecule has 0 aliphatic carbocycles. The van der Waals surface area contributed by atoms with Crippen LogP contribution in [0.1, 0.15) is 26.7 Å².